The van der Waals surface area contributed by atoms with E-state index in [1.54, 1.807) is 13.2 Å². The summed E-state index contributed by atoms with van der Waals surface area (Å²) in [4.78, 5) is 0. The molecule has 0 heterocycles. The predicted octanol–water partition coefficient (Wildman–Crippen LogP) is 1.61. The molecule has 0 aliphatic carbocycles. The van der Waals surface area contributed by atoms with Crippen molar-refractivity contribution in [1.82, 2.24) is 4.72 Å². The van der Waals surface area contributed by atoms with Gasteiger partial charge in [-0.1, -0.05) is 30.3 Å². The van der Waals surface area contributed by atoms with Gasteiger partial charge in [-0.25, -0.2) is 13.1 Å². The fourth-order valence-corrected chi connectivity index (χ4v) is 2.07. The van der Waals surface area contributed by atoms with Crippen LogP contribution in [0.3, 0.4) is 0 Å². The standard InChI is InChI=1S/C12H17NO3S/c1-16-10-5-9-13-17(14,15)11-8-12-6-3-2-4-7-12/h2-4,6-8,11,13H,5,9-10H2,1H3. The molecule has 0 radical (unpaired) electrons. The van der Waals surface area contributed by atoms with Crippen LogP contribution in [0.15, 0.2) is 35.7 Å². The predicted molar refractivity (Wildman–Crippen MR) is 68.9 cm³/mol. The van der Waals surface area contributed by atoms with Gasteiger partial charge < -0.3 is 4.74 Å². The average molecular weight is 255 g/mol. The van der Waals surface area contributed by atoms with Gasteiger partial charge in [-0.15, -0.1) is 0 Å². The van der Waals surface area contributed by atoms with E-state index in [1.165, 1.54) is 5.41 Å². The lowest BCUT2D eigenvalue weighted by Crippen LogP contribution is -2.23. The molecule has 1 rings (SSSR count). The molecular weight excluding hydrogens is 238 g/mol. The first kappa shape index (κ1) is 13.9. The molecule has 94 valence electrons. The summed E-state index contributed by atoms with van der Waals surface area (Å²) in [6.45, 7) is 0.931. The summed E-state index contributed by atoms with van der Waals surface area (Å²) >= 11 is 0. The van der Waals surface area contributed by atoms with Gasteiger partial charge in [0.1, 0.15) is 0 Å². The number of sulfonamides is 1. The van der Waals surface area contributed by atoms with E-state index >= 15 is 0 Å². The minimum atomic E-state index is -3.35. The zero-order valence-electron chi connectivity index (χ0n) is 9.80. The van der Waals surface area contributed by atoms with Crippen molar-refractivity contribution in [3.05, 3.63) is 41.3 Å². The summed E-state index contributed by atoms with van der Waals surface area (Å²) in [5.74, 6) is 0. The number of rotatable bonds is 7. The van der Waals surface area contributed by atoms with Crippen molar-refractivity contribution in [2.45, 2.75) is 6.42 Å². The summed E-state index contributed by atoms with van der Waals surface area (Å²) in [5.41, 5.74) is 0.856. The van der Waals surface area contributed by atoms with Crippen molar-refractivity contribution in [3.63, 3.8) is 0 Å². The molecule has 5 heteroatoms. The van der Waals surface area contributed by atoms with E-state index in [0.717, 1.165) is 5.56 Å². The third-order valence-electron chi connectivity index (χ3n) is 2.07. The molecule has 0 aliphatic rings. The van der Waals surface area contributed by atoms with Gasteiger partial charge in [0.15, 0.2) is 0 Å². The van der Waals surface area contributed by atoms with E-state index in [4.69, 9.17) is 4.74 Å². The third kappa shape index (κ3) is 6.21. The van der Waals surface area contributed by atoms with Gasteiger partial charge in [-0.3, -0.25) is 0 Å². The van der Waals surface area contributed by atoms with Crippen LogP contribution in [0.25, 0.3) is 6.08 Å². The van der Waals surface area contributed by atoms with Crippen LogP contribution < -0.4 is 4.72 Å². The quantitative estimate of drug-likeness (QED) is 0.753. The molecule has 0 spiro atoms. The maximum Gasteiger partial charge on any atom is 0.233 e. The Bertz CT molecular complexity index is 440. The van der Waals surface area contributed by atoms with Crippen molar-refractivity contribution < 1.29 is 13.2 Å². The number of benzene rings is 1. The largest absolute Gasteiger partial charge is 0.385 e. The normalized spacial score (nSPS) is 12.1. The summed E-state index contributed by atoms with van der Waals surface area (Å²) in [7, 11) is -1.76. The lowest BCUT2D eigenvalue weighted by Gasteiger charge is -2.01. The molecule has 0 bridgehead atoms. The fourth-order valence-electron chi connectivity index (χ4n) is 1.21. The molecule has 4 nitrogen and oxygen atoms in total. The van der Waals surface area contributed by atoms with Crippen LogP contribution in [0, 0.1) is 0 Å². The molecule has 1 aromatic rings. The Morgan fingerprint density at radius 3 is 2.65 bits per heavy atom. The molecule has 0 aromatic heterocycles. The van der Waals surface area contributed by atoms with E-state index in [0.29, 0.717) is 19.6 Å². The van der Waals surface area contributed by atoms with Crippen LogP contribution in [0.5, 0.6) is 0 Å². The maximum absolute atomic E-state index is 11.5. The SMILES string of the molecule is COCCCNS(=O)(=O)C=Cc1ccccc1. The molecule has 0 atom stereocenters. The Morgan fingerprint density at radius 1 is 1.29 bits per heavy atom. The van der Waals surface area contributed by atoms with Crippen molar-refractivity contribution in [2.24, 2.45) is 0 Å². The summed E-state index contributed by atoms with van der Waals surface area (Å²) in [6.07, 6.45) is 2.23. The summed E-state index contributed by atoms with van der Waals surface area (Å²) < 4.78 is 30.4. The second-order valence-electron chi connectivity index (χ2n) is 3.50. The Hall–Kier alpha value is -1.17. The van der Waals surface area contributed by atoms with Crippen LogP contribution >= 0.6 is 0 Å². The maximum atomic E-state index is 11.5. The topological polar surface area (TPSA) is 55.4 Å². The zero-order valence-corrected chi connectivity index (χ0v) is 10.6. The van der Waals surface area contributed by atoms with Gasteiger partial charge in [0.05, 0.1) is 0 Å². The van der Waals surface area contributed by atoms with Gasteiger partial charge in [-0.05, 0) is 18.1 Å². The van der Waals surface area contributed by atoms with Gasteiger partial charge in [-0.2, -0.15) is 0 Å². The first-order valence-corrected chi connectivity index (χ1v) is 6.90. The van der Waals surface area contributed by atoms with Gasteiger partial charge in [0.2, 0.25) is 10.0 Å². The molecule has 0 unspecified atom stereocenters. The number of nitrogens with one attached hydrogen (secondary N) is 1. The Morgan fingerprint density at radius 2 is 2.00 bits per heavy atom. The second-order valence-corrected chi connectivity index (χ2v) is 5.15. The number of hydrogen-bond donors (Lipinski definition) is 1. The van der Waals surface area contributed by atoms with Gasteiger partial charge in [0, 0.05) is 25.7 Å². The highest BCUT2D eigenvalue weighted by molar-refractivity contribution is 7.92. The van der Waals surface area contributed by atoms with Crippen LogP contribution in [0.2, 0.25) is 0 Å². The molecule has 0 aliphatic heterocycles. The highest BCUT2D eigenvalue weighted by Gasteiger charge is 2.03. The second kappa shape index (κ2) is 7.21. The molecule has 1 aromatic carbocycles. The Labute approximate surface area is 102 Å². The van der Waals surface area contributed by atoms with E-state index in [9.17, 15) is 8.42 Å². The third-order valence-corrected chi connectivity index (χ3v) is 3.17. The molecule has 0 saturated carbocycles. The smallest absolute Gasteiger partial charge is 0.233 e. The van der Waals surface area contributed by atoms with E-state index in [2.05, 4.69) is 4.72 Å². The van der Waals surface area contributed by atoms with E-state index in [1.807, 2.05) is 30.3 Å². The highest BCUT2D eigenvalue weighted by atomic mass is 32.2. The van der Waals surface area contributed by atoms with Crippen LogP contribution in [0.1, 0.15) is 12.0 Å². The molecule has 0 saturated heterocycles. The molecule has 0 fully saturated rings. The average Bonchev–Trinajstić information content (AvgIpc) is 2.34. The van der Waals surface area contributed by atoms with Gasteiger partial charge >= 0.3 is 0 Å². The Balaban J connectivity index is 2.46. The lowest BCUT2D eigenvalue weighted by atomic mass is 10.2. The summed E-state index contributed by atoms with van der Waals surface area (Å²) in [5, 5.41) is 1.18. The van der Waals surface area contributed by atoms with Crippen LogP contribution in [0.4, 0.5) is 0 Å². The monoisotopic (exact) mass is 255 g/mol. The first-order valence-electron chi connectivity index (χ1n) is 5.36. The lowest BCUT2D eigenvalue weighted by molar-refractivity contribution is 0.196. The first-order chi connectivity index (χ1) is 8.14. The van der Waals surface area contributed by atoms with Crippen molar-refractivity contribution in [1.29, 1.82) is 0 Å². The van der Waals surface area contributed by atoms with Crippen molar-refractivity contribution in [3.8, 4) is 0 Å². The van der Waals surface area contributed by atoms with Crippen LogP contribution in [-0.2, 0) is 14.8 Å². The number of ether oxygens (including phenoxy) is 1. The molecular formula is C12H17NO3S. The van der Waals surface area contributed by atoms with Crippen molar-refractivity contribution in [2.75, 3.05) is 20.3 Å². The molecule has 0 amide bonds. The molecule has 17 heavy (non-hydrogen) atoms. The van der Waals surface area contributed by atoms with E-state index in [-0.39, 0.29) is 0 Å². The van der Waals surface area contributed by atoms with E-state index < -0.39 is 10.0 Å². The van der Waals surface area contributed by atoms with Crippen molar-refractivity contribution >= 4 is 16.1 Å². The minimum Gasteiger partial charge on any atom is -0.385 e. The molecule has 1 N–H and O–H groups in total. The fraction of sp³-hybridized carbons (Fsp3) is 0.333. The zero-order chi connectivity index (χ0) is 12.6. The highest BCUT2D eigenvalue weighted by Crippen LogP contribution is 2.02. The summed E-state index contributed by atoms with van der Waals surface area (Å²) in [6, 6.07) is 9.29. The van der Waals surface area contributed by atoms with Crippen LogP contribution in [-0.4, -0.2) is 28.7 Å². The van der Waals surface area contributed by atoms with Gasteiger partial charge in [0.25, 0.3) is 0 Å². The minimum absolute atomic E-state index is 0.384. The Kier molecular flexibility index (Phi) is 5.90. The number of methoxy groups -OCH3 is 1. The number of hydrogen-bond acceptors (Lipinski definition) is 3.